The first-order valence-electron chi connectivity index (χ1n) is 7.18. The van der Waals surface area contributed by atoms with E-state index in [2.05, 4.69) is 25.7 Å². The Morgan fingerprint density at radius 1 is 1.05 bits per heavy atom. The summed E-state index contributed by atoms with van der Waals surface area (Å²) >= 11 is 0. The average molecular weight is 275 g/mol. The molecule has 1 aromatic rings. The molecule has 0 heterocycles. The molecule has 20 heavy (non-hydrogen) atoms. The molecule has 0 aliphatic heterocycles. The van der Waals surface area contributed by atoms with Crippen molar-refractivity contribution >= 4 is 0 Å². The standard InChI is InChI=1S/C17H25NO2/c1-5-11-19-15-8-7-14(9-10-17(3,4)18)13-16(15)20-12-6-2/h7-8,13H,5-6,11-12,18H2,1-4H3. The Kier molecular flexibility index (Phi) is 6.41. The fourth-order valence-electron chi connectivity index (χ4n) is 1.48. The van der Waals surface area contributed by atoms with Gasteiger partial charge in [0.05, 0.1) is 18.8 Å². The summed E-state index contributed by atoms with van der Waals surface area (Å²) in [5.41, 5.74) is 6.26. The van der Waals surface area contributed by atoms with Crippen molar-refractivity contribution in [3.8, 4) is 23.3 Å². The van der Waals surface area contributed by atoms with Crippen LogP contribution < -0.4 is 15.2 Å². The Bertz CT molecular complexity index is 478. The van der Waals surface area contributed by atoms with Crippen molar-refractivity contribution in [2.24, 2.45) is 5.73 Å². The van der Waals surface area contributed by atoms with Gasteiger partial charge in [0.25, 0.3) is 0 Å². The molecule has 0 spiro atoms. The van der Waals surface area contributed by atoms with E-state index in [1.165, 1.54) is 0 Å². The summed E-state index contributed by atoms with van der Waals surface area (Å²) in [4.78, 5) is 0. The summed E-state index contributed by atoms with van der Waals surface area (Å²) < 4.78 is 11.4. The van der Waals surface area contributed by atoms with Gasteiger partial charge in [-0.15, -0.1) is 0 Å². The molecule has 0 amide bonds. The predicted molar refractivity (Wildman–Crippen MR) is 83.2 cm³/mol. The van der Waals surface area contributed by atoms with Gasteiger partial charge in [-0.05, 0) is 44.9 Å². The second kappa shape index (κ2) is 7.81. The molecule has 0 aliphatic rings. The van der Waals surface area contributed by atoms with E-state index in [0.717, 1.165) is 29.9 Å². The highest BCUT2D eigenvalue weighted by atomic mass is 16.5. The molecule has 0 bridgehead atoms. The lowest BCUT2D eigenvalue weighted by Gasteiger charge is -2.12. The van der Waals surface area contributed by atoms with Crippen LogP contribution in [0.3, 0.4) is 0 Å². The molecule has 1 aromatic carbocycles. The summed E-state index contributed by atoms with van der Waals surface area (Å²) in [5.74, 6) is 7.62. The summed E-state index contributed by atoms with van der Waals surface area (Å²) in [6, 6.07) is 5.76. The van der Waals surface area contributed by atoms with Gasteiger partial charge in [-0.3, -0.25) is 0 Å². The second-order valence-corrected chi connectivity index (χ2v) is 5.33. The lowest BCUT2D eigenvalue weighted by Crippen LogP contribution is -2.29. The minimum atomic E-state index is -0.498. The monoisotopic (exact) mass is 275 g/mol. The van der Waals surface area contributed by atoms with Gasteiger partial charge >= 0.3 is 0 Å². The predicted octanol–water partition coefficient (Wildman–Crippen LogP) is 3.35. The van der Waals surface area contributed by atoms with Crippen LogP contribution in [0.1, 0.15) is 46.1 Å². The molecule has 0 aromatic heterocycles. The van der Waals surface area contributed by atoms with Crippen molar-refractivity contribution in [2.75, 3.05) is 13.2 Å². The third-order valence-electron chi connectivity index (χ3n) is 2.40. The van der Waals surface area contributed by atoms with Crippen LogP contribution in [0, 0.1) is 11.8 Å². The Balaban J connectivity index is 2.96. The number of rotatable bonds is 6. The van der Waals surface area contributed by atoms with Crippen molar-refractivity contribution in [3.63, 3.8) is 0 Å². The van der Waals surface area contributed by atoms with E-state index in [0.29, 0.717) is 13.2 Å². The molecule has 0 saturated carbocycles. The highest BCUT2D eigenvalue weighted by Gasteiger charge is 2.07. The highest BCUT2D eigenvalue weighted by Crippen LogP contribution is 2.28. The molecule has 0 saturated heterocycles. The van der Waals surface area contributed by atoms with Crippen LogP contribution in [0.4, 0.5) is 0 Å². The fourth-order valence-corrected chi connectivity index (χ4v) is 1.48. The Morgan fingerprint density at radius 2 is 1.65 bits per heavy atom. The van der Waals surface area contributed by atoms with E-state index in [-0.39, 0.29) is 0 Å². The van der Waals surface area contributed by atoms with Crippen molar-refractivity contribution < 1.29 is 9.47 Å². The highest BCUT2D eigenvalue weighted by molar-refractivity contribution is 5.49. The SMILES string of the molecule is CCCOc1ccc(C#CC(C)(C)N)cc1OCCC. The Morgan fingerprint density at radius 3 is 2.20 bits per heavy atom. The molecule has 0 radical (unpaired) electrons. The Labute approximate surface area is 122 Å². The number of ether oxygens (including phenoxy) is 2. The summed E-state index contributed by atoms with van der Waals surface area (Å²) in [6.07, 6.45) is 1.93. The first kappa shape index (κ1) is 16.4. The first-order valence-corrected chi connectivity index (χ1v) is 7.18. The molecular formula is C17H25NO2. The van der Waals surface area contributed by atoms with Crippen molar-refractivity contribution in [1.29, 1.82) is 0 Å². The van der Waals surface area contributed by atoms with E-state index in [4.69, 9.17) is 15.2 Å². The van der Waals surface area contributed by atoms with E-state index in [9.17, 15) is 0 Å². The minimum absolute atomic E-state index is 0.498. The van der Waals surface area contributed by atoms with E-state index < -0.39 is 5.54 Å². The molecule has 110 valence electrons. The number of nitrogens with two attached hydrogens (primary N) is 1. The van der Waals surface area contributed by atoms with Crippen molar-refractivity contribution in [2.45, 2.75) is 46.1 Å². The van der Waals surface area contributed by atoms with Gasteiger partial charge in [-0.2, -0.15) is 0 Å². The van der Waals surface area contributed by atoms with Gasteiger partial charge in [0.2, 0.25) is 0 Å². The van der Waals surface area contributed by atoms with E-state index >= 15 is 0 Å². The molecule has 1 rings (SSSR count). The van der Waals surface area contributed by atoms with Gasteiger partial charge in [0.1, 0.15) is 0 Å². The van der Waals surface area contributed by atoms with Crippen LogP contribution >= 0.6 is 0 Å². The summed E-state index contributed by atoms with van der Waals surface area (Å²) in [5, 5.41) is 0. The maximum Gasteiger partial charge on any atom is 0.162 e. The maximum absolute atomic E-state index is 5.87. The first-order chi connectivity index (χ1) is 9.46. The molecule has 3 heteroatoms. The molecule has 3 nitrogen and oxygen atoms in total. The molecule has 0 atom stereocenters. The Hall–Kier alpha value is -1.66. The number of benzene rings is 1. The van der Waals surface area contributed by atoms with Crippen LogP contribution in [0.5, 0.6) is 11.5 Å². The lowest BCUT2D eigenvalue weighted by molar-refractivity contribution is 0.268. The lowest BCUT2D eigenvalue weighted by atomic mass is 10.1. The van der Waals surface area contributed by atoms with Crippen LogP contribution in [-0.4, -0.2) is 18.8 Å². The largest absolute Gasteiger partial charge is 0.490 e. The van der Waals surface area contributed by atoms with Crippen LogP contribution in [0.25, 0.3) is 0 Å². The zero-order valence-corrected chi connectivity index (χ0v) is 13.0. The van der Waals surface area contributed by atoms with Gasteiger partial charge in [-0.1, -0.05) is 25.7 Å². The van der Waals surface area contributed by atoms with Crippen LogP contribution in [0.2, 0.25) is 0 Å². The quantitative estimate of drug-likeness (QED) is 0.810. The molecule has 0 aliphatic carbocycles. The van der Waals surface area contributed by atoms with Crippen molar-refractivity contribution in [1.82, 2.24) is 0 Å². The second-order valence-electron chi connectivity index (χ2n) is 5.33. The fraction of sp³-hybridized carbons (Fsp3) is 0.529. The molecule has 2 N–H and O–H groups in total. The zero-order valence-electron chi connectivity index (χ0n) is 13.0. The van der Waals surface area contributed by atoms with Gasteiger partial charge in [0.15, 0.2) is 11.5 Å². The van der Waals surface area contributed by atoms with E-state index in [1.54, 1.807) is 0 Å². The van der Waals surface area contributed by atoms with Gasteiger partial charge < -0.3 is 15.2 Å². The zero-order chi connectivity index (χ0) is 15.0. The topological polar surface area (TPSA) is 44.5 Å². The number of hydrogen-bond acceptors (Lipinski definition) is 3. The summed E-state index contributed by atoms with van der Waals surface area (Å²) in [7, 11) is 0. The van der Waals surface area contributed by atoms with E-state index in [1.807, 2.05) is 32.0 Å². The normalized spacial score (nSPS) is 10.7. The average Bonchev–Trinajstić information content (AvgIpc) is 2.40. The van der Waals surface area contributed by atoms with Gasteiger partial charge in [-0.25, -0.2) is 0 Å². The van der Waals surface area contributed by atoms with Gasteiger partial charge in [0, 0.05) is 5.56 Å². The molecule has 0 unspecified atom stereocenters. The van der Waals surface area contributed by atoms with Crippen LogP contribution in [-0.2, 0) is 0 Å². The third kappa shape index (κ3) is 5.99. The maximum atomic E-state index is 5.87. The molecular weight excluding hydrogens is 250 g/mol. The third-order valence-corrected chi connectivity index (χ3v) is 2.40. The minimum Gasteiger partial charge on any atom is -0.490 e. The summed E-state index contributed by atoms with van der Waals surface area (Å²) in [6.45, 7) is 9.27. The molecule has 0 fully saturated rings. The smallest absolute Gasteiger partial charge is 0.162 e. The van der Waals surface area contributed by atoms with Crippen LogP contribution in [0.15, 0.2) is 18.2 Å². The number of hydrogen-bond donors (Lipinski definition) is 1. The van der Waals surface area contributed by atoms with Crippen molar-refractivity contribution in [3.05, 3.63) is 23.8 Å².